The Kier molecular flexibility index (Phi) is 4.17. The smallest absolute Gasteiger partial charge is 0.257 e. The first-order chi connectivity index (χ1) is 13.2. The zero-order valence-electron chi connectivity index (χ0n) is 15.6. The minimum atomic E-state index is -4.63. The number of benzene rings is 4. The Morgan fingerprint density at radius 1 is 0.964 bits per heavy atom. The molecule has 0 aliphatic heterocycles. The number of likely N-dealkylation sites (N-methyl/N-ethyl adjacent to an activating group) is 1. The second-order valence-electron chi connectivity index (χ2n) is 6.87. The van der Waals surface area contributed by atoms with Crippen molar-refractivity contribution in [3.63, 3.8) is 0 Å². The minimum absolute atomic E-state index is 0.126. The van der Waals surface area contributed by atoms with Crippen LogP contribution in [-0.2, 0) is 14.9 Å². The highest BCUT2D eigenvalue weighted by molar-refractivity contribution is 7.86. The van der Waals surface area contributed by atoms with E-state index in [1.165, 1.54) is 13.1 Å². The normalized spacial score (nSPS) is 12.1. The largest absolute Gasteiger partial charge is 0.744 e. The lowest BCUT2D eigenvalue weighted by Gasteiger charge is -2.20. The van der Waals surface area contributed by atoms with E-state index in [0.717, 1.165) is 32.5 Å². The maximum atomic E-state index is 11.9. The van der Waals surface area contributed by atoms with Crippen molar-refractivity contribution in [3.05, 3.63) is 47.5 Å². The van der Waals surface area contributed by atoms with Gasteiger partial charge in [0, 0.05) is 23.2 Å². The van der Waals surface area contributed by atoms with Gasteiger partial charge >= 0.3 is 0 Å². The lowest BCUT2D eigenvalue weighted by molar-refractivity contribution is -0.122. The molecule has 28 heavy (non-hydrogen) atoms. The highest BCUT2D eigenvalue weighted by Gasteiger charge is 2.19. The number of hydrogen-bond donors (Lipinski definition) is 1. The van der Waals surface area contributed by atoms with Crippen LogP contribution in [0.1, 0.15) is 11.1 Å². The third-order valence-corrected chi connectivity index (χ3v) is 6.02. The zero-order valence-corrected chi connectivity index (χ0v) is 16.4. The van der Waals surface area contributed by atoms with E-state index in [1.807, 2.05) is 25.1 Å². The summed E-state index contributed by atoms with van der Waals surface area (Å²) in [6.07, 6.45) is 0. The van der Waals surface area contributed by atoms with Gasteiger partial charge in [-0.3, -0.25) is 4.79 Å². The van der Waals surface area contributed by atoms with Crippen LogP contribution in [0.15, 0.2) is 41.3 Å². The van der Waals surface area contributed by atoms with Crippen molar-refractivity contribution in [1.82, 2.24) is 5.32 Å². The molecule has 7 heteroatoms. The van der Waals surface area contributed by atoms with Crippen LogP contribution >= 0.6 is 0 Å². The highest BCUT2D eigenvalue weighted by Crippen LogP contribution is 2.43. The van der Waals surface area contributed by atoms with Gasteiger partial charge in [0.1, 0.15) is 15.9 Å². The fourth-order valence-electron chi connectivity index (χ4n) is 3.81. The van der Waals surface area contributed by atoms with Crippen molar-refractivity contribution < 1.29 is 22.5 Å². The molecule has 6 nitrogen and oxygen atoms in total. The predicted octanol–water partition coefficient (Wildman–Crippen LogP) is 3.23. The number of rotatable bonds is 4. The molecule has 0 fully saturated rings. The molecule has 0 radical (unpaired) electrons. The first-order valence-electron chi connectivity index (χ1n) is 8.73. The lowest BCUT2D eigenvalue weighted by Crippen LogP contribution is -2.24. The molecule has 0 bridgehead atoms. The first kappa shape index (κ1) is 18.5. The predicted molar refractivity (Wildman–Crippen MR) is 107 cm³/mol. The average molecular weight is 396 g/mol. The summed E-state index contributed by atoms with van der Waals surface area (Å²) in [6.45, 7) is 3.59. The summed E-state index contributed by atoms with van der Waals surface area (Å²) in [5, 5.41) is 7.05. The number of carbonyl (C=O) groups is 1. The van der Waals surface area contributed by atoms with Gasteiger partial charge in [0.05, 0.1) is 4.90 Å². The molecule has 0 aromatic heterocycles. The molecule has 0 spiro atoms. The second kappa shape index (κ2) is 6.32. The van der Waals surface area contributed by atoms with Crippen LogP contribution < -0.4 is 10.1 Å². The van der Waals surface area contributed by atoms with Gasteiger partial charge in [-0.1, -0.05) is 18.2 Å². The molecule has 4 rings (SSSR count). The summed E-state index contributed by atoms with van der Waals surface area (Å²) in [7, 11) is -3.09. The highest BCUT2D eigenvalue weighted by atomic mass is 32.2. The van der Waals surface area contributed by atoms with E-state index in [4.69, 9.17) is 4.74 Å². The molecule has 0 unspecified atom stereocenters. The van der Waals surface area contributed by atoms with Crippen LogP contribution in [0.2, 0.25) is 0 Å². The van der Waals surface area contributed by atoms with E-state index < -0.39 is 10.1 Å². The number of aryl methyl sites for hydroxylation is 2. The third-order valence-electron chi connectivity index (χ3n) is 5.14. The van der Waals surface area contributed by atoms with E-state index in [9.17, 15) is 17.8 Å². The summed E-state index contributed by atoms with van der Waals surface area (Å²) in [6, 6.07) is 10.6. The minimum Gasteiger partial charge on any atom is -0.744 e. The van der Waals surface area contributed by atoms with Crippen LogP contribution in [0.3, 0.4) is 0 Å². The Bertz CT molecular complexity index is 1360. The maximum Gasteiger partial charge on any atom is 0.257 e. The van der Waals surface area contributed by atoms with Gasteiger partial charge < -0.3 is 14.6 Å². The quantitative estimate of drug-likeness (QED) is 0.422. The molecule has 0 heterocycles. The third kappa shape index (κ3) is 2.75. The van der Waals surface area contributed by atoms with Gasteiger partial charge in [-0.2, -0.15) is 0 Å². The molecule has 1 amide bonds. The van der Waals surface area contributed by atoms with Crippen molar-refractivity contribution in [2.45, 2.75) is 18.7 Å². The van der Waals surface area contributed by atoms with E-state index in [-0.39, 0.29) is 17.4 Å². The molecule has 4 aromatic carbocycles. The van der Waals surface area contributed by atoms with E-state index >= 15 is 0 Å². The van der Waals surface area contributed by atoms with Crippen LogP contribution in [0.5, 0.6) is 5.75 Å². The second-order valence-corrected chi connectivity index (χ2v) is 8.22. The Hall–Kier alpha value is -2.90. The lowest BCUT2D eigenvalue weighted by atomic mass is 9.90. The fourth-order valence-corrected chi connectivity index (χ4v) is 4.57. The number of hydrogen-bond acceptors (Lipinski definition) is 5. The number of carbonyl (C=O) groups excluding carboxylic acids is 1. The molecular weight excluding hydrogens is 378 g/mol. The summed E-state index contributed by atoms with van der Waals surface area (Å²) in [4.78, 5) is 11.4. The summed E-state index contributed by atoms with van der Waals surface area (Å²) >= 11 is 0. The average Bonchev–Trinajstić information content (AvgIpc) is 2.65. The fraction of sp³-hybridized carbons (Fsp3) is 0.190. The molecule has 144 valence electrons. The molecule has 0 aliphatic rings. The molecule has 0 atom stereocenters. The summed E-state index contributed by atoms with van der Waals surface area (Å²) in [5.74, 6) is 0.287. The topological polar surface area (TPSA) is 95.5 Å². The Labute approximate surface area is 162 Å². The molecule has 4 aromatic rings. The molecule has 0 saturated heterocycles. The van der Waals surface area contributed by atoms with Gasteiger partial charge in [-0.05, 0) is 59.3 Å². The van der Waals surface area contributed by atoms with Gasteiger partial charge in [0.25, 0.3) is 5.91 Å². The van der Waals surface area contributed by atoms with Crippen molar-refractivity contribution in [1.29, 1.82) is 0 Å². The van der Waals surface area contributed by atoms with Crippen LogP contribution in [0, 0.1) is 13.8 Å². The molecule has 0 aliphatic carbocycles. The maximum absolute atomic E-state index is 11.9. The Morgan fingerprint density at radius 3 is 2.11 bits per heavy atom. The number of nitrogens with one attached hydrogen (secondary N) is 1. The van der Waals surface area contributed by atoms with E-state index in [1.54, 1.807) is 19.1 Å². The van der Waals surface area contributed by atoms with Gasteiger partial charge in [-0.15, -0.1) is 0 Å². The van der Waals surface area contributed by atoms with Crippen LogP contribution in [0.4, 0.5) is 0 Å². The Balaban J connectivity index is 2.14. The SMILES string of the molecule is CNC(=O)COc1cc(C)c2ccc3c(C)cc(S(=O)(=O)[O-])c4ccc1c2c34. The standard InChI is InChI=1S/C21H19NO5S/c1-11-8-17(27-10-19(23)22-3)15-6-7-16-18(28(24,25)26)9-12(2)14-5-4-13(11)20(15)21(14)16/h4-9H,10H2,1-3H3,(H,22,23)(H,24,25,26)/p-1. The zero-order chi connectivity index (χ0) is 20.2. The molecule has 1 N–H and O–H groups in total. The van der Waals surface area contributed by atoms with Crippen LogP contribution in [-0.4, -0.2) is 32.5 Å². The Morgan fingerprint density at radius 2 is 1.50 bits per heavy atom. The van der Waals surface area contributed by atoms with Crippen molar-refractivity contribution >= 4 is 48.3 Å². The van der Waals surface area contributed by atoms with Gasteiger partial charge in [0.15, 0.2) is 6.61 Å². The monoisotopic (exact) mass is 396 g/mol. The summed E-state index contributed by atoms with van der Waals surface area (Å²) in [5.41, 5.74) is 1.65. The van der Waals surface area contributed by atoms with E-state index in [2.05, 4.69) is 5.32 Å². The van der Waals surface area contributed by atoms with Gasteiger partial charge in [0.2, 0.25) is 0 Å². The number of ether oxygens (including phenoxy) is 1. The van der Waals surface area contributed by atoms with Gasteiger partial charge in [-0.25, -0.2) is 8.42 Å². The van der Waals surface area contributed by atoms with Crippen molar-refractivity contribution in [2.24, 2.45) is 0 Å². The van der Waals surface area contributed by atoms with Crippen molar-refractivity contribution in [3.8, 4) is 5.75 Å². The van der Waals surface area contributed by atoms with E-state index in [0.29, 0.717) is 16.7 Å². The molecule has 0 saturated carbocycles. The van der Waals surface area contributed by atoms with Crippen molar-refractivity contribution in [2.75, 3.05) is 13.7 Å². The molecular formula is C21H18NO5S-. The van der Waals surface area contributed by atoms with Crippen LogP contribution in [0.25, 0.3) is 32.3 Å². The summed E-state index contributed by atoms with van der Waals surface area (Å²) < 4.78 is 41.3. The first-order valence-corrected chi connectivity index (χ1v) is 10.1. The number of amides is 1.